The van der Waals surface area contributed by atoms with Crippen molar-refractivity contribution in [1.82, 2.24) is 5.64 Å². The van der Waals surface area contributed by atoms with Gasteiger partial charge in [0.2, 0.25) is 0 Å². The van der Waals surface area contributed by atoms with Crippen molar-refractivity contribution in [2.24, 2.45) is 0 Å². The lowest BCUT2D eigenvalue weighted by molar-refractivity contribution is -0.416. The van der Waals surface area contributed by atoms with Gasteiger partial charge in [0.1, 0.15) is 0 Å². The fourth-order valence-electron chi connectivity index (χ4n) is 0.110. The van der Waals surface area contributed by atoms with Crippen LogP contribution in [0.1, 0.15) is 0 Å². The Morgan fingerprint density at radius 2 is 1.44 bits per heavy atom. The first-order valence-electron chi connectivity index (χ1n) is 1.89. The zero-order chi connectivity index (χ0) is 6.95. The molecular formula is C2H7NO4S2. The molecule has 0 atom stereocenters. The molecule has 0 amide bonds. The van der Waals surface area contributed by atoms with E-state index in [-0.39, 0.29) is 0 Å². The van der Waals surface area contributed by atoms with Crippen LogP contribution in [0, 0.1) is 0 Å². The van der Waals surface area contributed by atoms with Gasteiger partial charge in [0.25, 0.3) is 0 Å². The van der Waals surface area contributed by atoms with Crippen LogP contribution in [0.4, 0.5) is 0 Å². The molecule has 0 aliphatic rings. The molecule has 0 aromatic carbocycles. The first-order valence-corrected chi connectivity index (χ1v) is 4.19. The fraction of sp³-hybridized carbons (Fsp3) is 1.00. The molecule has 0 saturated heterocycles. The number of hydrogen-bond acceptors (Lipinski definition) is 7. The molecule has 0 aromatic rings. The monoisotopic (exact) mass is 173 g/mol. The van der Waals surface area contributed by atoms with E-state index < -0.39 is 0 Å². The van der Waals surface area contributed by atoms with E-state index in [2.05, 4.69) is 18.6 Å². The summed E-state index contributed by atoms with van der Waals surface area (Å²) >= 11 is 2.07. The molecule has 0 aromatic heterocycles. The molecule has 1 N–H and O–H groups in total. The van der Waals surface area contributed by atoms with Crippen LogP contribution in [0.3, 0.4) is 0 Å². The van der Waals surface area contributed by atoms with E-state index in [0.29, 0.717) is 0 Å². The third kappa shape index (κ3) is 8.50. The highest BCUT2D eigenvalue weighted by Gasteiger charge is 1.84. The van der Waals surface area contributed by atoms with Crippen molar-refractivity contribution >= 4 is 24.1 Å². The van der Waals surface area contributed by atoms with Gasteiger partial charge in [-0.1, -0.05) is 0 Å². The van der Waals surface area contributed by atoms with E-state index in [1.807, 2.05) is 5.64 Å². The molecule has 0 radical (unpaired) electrons. The van der Waals surface area contributed by atoms with Crippen LogP contribution in [0.15, 0.2) is 0 Å². The average molecular weight is 173 g/mol. The molecule has 0 heterocycles. The van der Waals surface area contributed by atoms with Gasteiger partial charge in [0, 0.05) is 36.6 Å². The molecule has 0 saturated carbocycles. The van der Waals surface area contributed by atoms with Crippen LogP contribution in [0.25, 0.3) is 0 Å². The lowest BCUT2D eigenvalue weighted by Gasteiger charge is -1.98. The van der Waals surface area contributed by atoms with E-state index in [1.165, 1.54) is 0 Å². The zero-order valence-electron chi connectivity index (χ0n) is 4.95. The molecule has 0 aliphatic carbocycles. The standard InChI is InChI=1S/C2H7NO4S2/c1-8-6-4-3-5-7-9-2/h3H,1-2H3. The third-order valence-corrected chi connectivity index (χ3v) is 0.680. The van der Waals surface area contributed by atoms with Gasteiger partial charge in [-0.15, -0.1) is 18.6 Å². The van der Waals surface area contributed by atoms with E-state index >= 15 is 0 Å². The average Bonchev–Trinajstić information content (AvgIpc) is 1.89. The molecule has 56 valence electrons. The minimum atomic E-state index is 1.03. The Kier molecular flexibility index (Phi) is 8.97. The van der Waals surface area contributed by atoms with Crippen LogP contribution in [-0.4, -0.2) is 12.5 Å². The van der Waals surface area contributed by atoms with E-state index in [1.54, 1.807) is 12.5 Å². The minimum Gasteiger partial charge on any atom is -0.143 e. The first kappa shape index (κ1) is 9.50. The topological polar surface area (TPSA) is 49.0 Å². The molecule has 0 bridgehead atoms. The van der Waals surface area contributed by atoms with Gasteiger partial charge < -0.3 is 0 Å². The maximum absolute atomic E-state index is 4.27. The Balaban J connectivity index is 2.60. The van der Waals surface area contributed by atoms with Crippen LogP contribution >= 0.6 is 24.1 Å². The van der Waals surface area contributed by atoms with Crippen molar-refractivity contribution in [1.29, 1.82) is 0 Å². The summed E-state index contributed by atoms with van der Waals surface area (Å²) in [6.45, 7) is 0. The van der Waals surface area contributed by atoms with Crippen molar-refractivity contribution in [3.8, 4) is 0 Å². The maximum Gasteiger partial charge on any atom is 0.0301 e. The van der Waals surface area contributed by atoms with Gasteiger partial charge in [-0.25, -0.2) is 0 Å². The van der Waals surface area contributed by atoms with Gasteiger partial charge in [0.15, 0.2) is 0 Å². The minimum absolute atomic E-state index is 1.03. The van der Waals surface area contributed by atoms with Gasteiger partial charge in [0.05, 0.1) is 0 Å². The van der Waals surface area contributed by atoms with Gasteiger partial charge in [-0.3, -0.25) is 0 Å². The Bertz CT molecular complexity index is 49.8. The summed E-state index contributed by atoms with van der Waals surface area (Å²) in [4.78, 5) is 8.27. The molecular weight excluding hydrogens is 166 g/mol. The smallest absolute Gasteiger partial charge is 0.0301 e. The Morgan fingerprint density at radius 1 is 1.00 bits per heavy atom. The number of hydrogen-bond donors (Lipinski definition) is 1. The normalized spacial score (nSPS) is 10.0. The van der Waals surface area contributed by atoms with E-state index in [0.717, 1.165) is 24.1 Å². The van der Waals surface area contributed by atoms with Gasteiger partial charge in [-0.05, 0) is 5.64 Å². The van der Waals surface area contributed by atoms with Crippen molar-refractivity contribution in [3.05, 3.63) is 0 Å². The maximum atomic E-state index is 4.27. The second kappa shape index (κ2) is 8.50. The quantitative estimate of drug-likeness (QED) is 0.276. The molecule has 0 rings (SSSR count). The van der Waals surface area contributed by atoms with Crippen LogP contribution in [0.2, 0.25) is 0 Å². The number of rotatable bonds is 6. The molecule has 0 spiro atoms. The van der Waals surface area contributed by atoms with Gasteiger partial charge in [-0.2, -0.15) is 0 Å². The summed E-state index contributed by atoms with van der Waals surface area (Å²) in [6, 6.07) is 0. The second-order valence-corrected chi connectivity index (χ2v) is 1.66. The molecule has 0 aliphatic heterocycles. The fourth-order valence-corrected chi connectivity index (χ4v) is 0.301. The molecule has 0 unspecified atom stereocenters. The summed E-state index contributed by atoms with van der Waals surface area (Å²) in [5, 5.41) is 0. The molecule has 0 fully saturated rings. The van der Waals surface area contributed by atoms with Crippen molar-refractivity contribution in [3.63, 3.8) is 0 Å². The summed E-state index contributed by atoms with van der Waals surface area (Å²) < 4.78 is 8.54. The zero-order valence-corrected chi connectivity index (χ0v) is 6.58. The Morgan fingerprint density at radius 3 is 1.78 bits per heavy atom. The lowest BCUT2D eigenvalue weighted by Crippen LogP contribution is -2.11. The molecule has 5 nitrogen and oxygen atoms in total. The largest absolute Gasteiger partial charge is 0.143 e. The molecule has 9 heavy (non-hydrogen) atoms. The van der Waals surface area contributed by atoms with Crippen LogP contribution < -0.4 is 5.64 Å². The predicted octanol–water partition coefficient (Wildman–Crippen LogP) is 0.858. The van der Waals surface area contributed by atoms with E-state index in [9.17, 15) is 0 Å². The SMILES string of the molecule is CSOONOOSC. The summed E-state index contributed by atoms with van der Waals surface area (Å²) in [5.41, 5.74) is 1.90. The highest BCUT2D eigenvalue weighted by Crippen LogP contribution is 1.95. The van der Waals surface area contributed by atoms with Crippen molar-refractivity contribution in [2.45, 2.75) is 0 Å². The molecule has 7 heteroatoms. The van der Waals surface area contributed by atoms with Crippen LogP contribution in [-0.2, 0) is 18.6 Å². The number of nitrogens with one attached hydrogen (secondary N) is 1. The lowest BCUT2D eigenvalue weighted by atomic mass is 12.0. The first-order chi connectivity index (χ1) is 4.41. The third-order valence-electron chi connectivity index (χ3n) is 0.272. The predicted molar refractivity (Wildman–Crippen MR) is 34.5 cm³/mol. The highest BCUT2D eigenvalue weighted by molar-refractivity contribution is 7.94. The van der Waals surface area contributed by atoms with Gasteiger partial charge >= 0.3 is 0 Å². The van der Waals surface area contributed by atoms with Crippen LogP contribution in [0.5, 0.6) is 0 Å². The Labute approximate surface area is 61.5 Å². The second-order valence-electron chi connectivity index (χ2n) is 0.719. The summed E-state index contributed by atoms with van der Waals surface area (Å²) in [7, 11) is 0. The highest BCUT2D eigenvalue weighted by atomic mass is 32.2. The summed E-state index contributed by atoms with van der Waals surface area (Å²) in [6.07, 6.45) is 3.38. The van der Waals surface area contributed by atoms with Crippen molar-refractivity contribution < 1.29 is 18.6 Å². The Hall–Kier alpha value is 0.500. The summed E-state index contributed by atoms with van der Waals surface area (Å²) in [5.74, 6) is 0. The van der Waals surface area contributed by atoms with E-state index in [4.69, 9.17) is 0 Å². The van der Waals surface area contributed by atoms with Crippen molar-refractivity contribution in [2.75, 3.05) is 12.5 Å².